The standard InChI is InChI=1S/C17H16FNO/c1-12-2-6-14(7-3-12)17-11-16(20-19-17)10-13-4-8-15(18)9-5-13/h2-9,16H,10-11H2,1H3. The number of hydrogen-bond acceptors (Lipinski definition) is 2. The Morgan fingerprint density at radius 3 is 2.50 bits per heavy atom. The van der Waals surface area contributed by atoms with Crippen molar-refractivity contribution in [3.63, 3.8) is 0 Å². The third-order valence-electron chi connectivity index (χ3n) is 3.49. The summed E-state index contributed by atoms with van der Waals surface area (Å²) in [4.78, 5) is 5.48. The third kappa shape index (κ3) is 2.87. The van der Waals surface area contributed by atoms with Gasteiger partial charge in [-0.05, 0) is 30.2 Å². The monoisotopic (exact) mass is 269 g/mol. The molecule has 20 heavy (non-hydrogen) atoms. The average molecular weight is 269 g/mol. The Labute approximate surface area is 117 Å². The molecule has 0 radical (unpaired) electrons. The average Bonchev–Trinajstić information content (AvgIpc) is 2.91. The van der Waals surface area contributed by atoms with Crippen LogP contribution in [0.5, 0.6) is 0 Å². The fraction of sp³-hybridized carbons (Fsp3) is 0.235. The van der Waals surface area contributed by atoms with Gasteiger partial charge in [-0.15, -0.1) is 0 Å². The predicted molar refractivity (Wildman–Crippen MR) is 77.3 cm³/mol. The highest BCUT2D eigenvalue weighted by atomic mass is 19.1. The molecule has 0 bridgehead atoms. The lowest BCUT2D eigenvalue weighted by Gasteiger charge is -2.07. The van der Waals surface area contributed by atoms with Gasteiger partial charge in [0, 0.05) is 12.8 Å². The second-order valence-corrected chi connectivity index (χ2v) is 5.17. The summed E-state index contributed by atoms with van der Waals surface area (Å²) in [6.45, 7) is 2.06. The molecule has 3 heteroatoms. The molecule has 1 unspecified atom stereocenters. The van der Waals surface area contributed by atoms with Gasteiger partial charge in [-0.1, -0.05) is 47.1 Å². The van der Waals surface area contributed by atoms with Crippen LogP contribution < -0.4 is 0 Å². The maximum absolute atomic E-state index is 12.9. The third-order valence-corrected chi connectivity index (χ3v) is 3.49. The van der Waals surface area contributed by atoms with Crippen LogP contribution in [-0.2, 0) is 11.3 Å². The predicted octanol–water partition coefficient (Wildman–Crippen LogP) is 3.87. The summed E-state index contributed by atoms with van der Waals surface area (Å²) in [6.07, 6.45) is 1.58. The van der Waals surface area contributed by atoms with E-state index in [0.717, 1.165) is 29.7 Å². The van der Waals surface area contributed by atoms with Crippen molar-refractivity contribution in [3.8, 4) is 0 Å². The van der Waals surface area contributed by atoms with Gasteiger partial charge in [0.15, 0.2) is 0 Å². The van der Waals surface area contributed by atoms with Crippen LogP contribution in [0.4, 0.5) is 4.39 Å². The van der Waals surface area contributed by atoms with Gasteiger partial charge in [-0.3, -0.25) is 0 Å². The number of halogens is 1. The Balaban J connectivity index is 1.64. The van der Waals surface area contributed by atoms with Crippen molar-refractivity contribution in [1.82, 2.24) is 0 Å². The molecule has 2 aromatic carbocycles. The highest BCUT2D eigenvalue weighted by molar-refractivity contribution is 6.01. The molecule has 0 aliphatic carbocycles. The molecule has 1 aliphatic rings. The van der Waals surface area contributed by atoms with E-state index in [1.54, 1.807) is 12.1 Å². The second-order valence-electron chi connectivity index (χ2n) is 5.17. The maximum atomic E-state index is 12.9. The van der Waals surface area contributed by atoms with Gasteiger partial charge in [0.05, 0.1) is 5.71 Å². The van der Waals surface area contributed by atoms with E-state index in [-0.39, 0.29) is 11.9 Å². The van der Waals surface area contributed by atoms with Crippen molar-refractivity contribution in [3.05, 3.63) is 71.0 Å². The zero-order valence-corrected chi connectivity index (χ0v) is 11.3. The van der Waals surface area contributed by atoms with Gasteiger partial charge >= 0.3 is 0 Å². The van der Waals surface area contributed by atoms with Crippen LogP contribution in [0.25, 0.3) is 0 Å². The zero-order valence-electron chi connectivity index (χ0n) is 11.3. The van der Waals surface area contributed by atoms with Crippen LogP contribution in [0.1, 0.15) is 23.1 Å². The molecule has 0 amide bonds. The molecule has 2 nitrogen and oxygen atoms in total. The molecule has 0 fully saturated rings. The van der Waals surface area contributed by atoms with Crippen molar-refractivity contribution in [1.29, 1.82) is 0 Å². The molecule has 2 aromatic rings. The van der Waals surface area contributed by atoms with Crippen LogP contribution >= 0.6 is 0 Å². The summed E-state index contributed by atoms with van der Waals surface area (Å²) in [5.74, 6) is -0.210. The molecule has 1 atom stereocenters. The van der Waals surface area contributed by atoms with E-state index in [4.69, 9.17) is 4.84 Å². The lowest BCUT2D eigenvalue weighted by Crippen LogP contribution is -2.11. The minimum Gasteiger partial charge on any atom is -0.391 e. The van der Waals surface area contributed by atoms with E-state index in [9.17, 15) is 4.39 Å². The quantitative estimate of drug-likeness (QED) is 0.829. The van der Waals surface area contributed by atoms with Crippen LogP contribution in [0.15, 0.2) is 53.7 Å². The Kier molecular flexibility index (Phi) is 3.50. The summed E-state index contributed by atoms with van der Waals surface area (Å²) in [5, 5.41) is 4.17. The van der Waals surface area contributed by atoms with Gasteiger partial charge in [0.2, 0.25) is 0 Å². The molecule has 0 aromatic heterocycles. The van der Waals surface area contributed by atoms with Crippen molar-refractivity contribution in [2.45, 2.75) is 25.9 Å². The highest BCUT2D eigenvalue weighted by Gasteiger charge is 2.22. The van der Waals surface area contributed by atoms with E-state index >= 15 is 0 Å². The van der Waals surface area contributed by atoms with Crippen molar-refractivity contribution in [2.75, 3.05) is 0 Å². The molecule has 102 valence electrons. The summed E-state index contributed by atoms with van der Waals surface area (Å²) in [6, 6.07) is 14.8. The minimum absolute atomic E-state index is 0.0387. The summed E-state index contributed by atoms with van der Waals surface area (Å²) in [7, 11) is 0. The Morgan fingerprint density at radius 2 is 1.80 bits per heavy atom. The van der Waals surface area contributed by atoms with Crippen LogP contribution in [0, 0.1) is 12.7 Å². The second kappa shape index (κ2) is 5.45. The molecule has 0 spiro atoms. The lowest BCUT2D eigenvalue weighted by molar-refractivity contribution is 0.0859. The van der Waals surface area contributed by atoms with Crippen molar-refractivity contribution < 1.29 is 9.23 Å². The summed E-state index contributed by atoms with van der Waals surface area (Å²) in [5.41, 5.74) is 4.39. The number of aryl methyl sites for hydroxylation is 1. The van der Waals surface area contributed by atoms with Gasteiger partial charge in [0.25, 0.3) is 0 Å². The molecule has 0 saturated carbocycles. The highest BCUT2D eigenvalue weighted by Crippen LogP contribution is 2.20. The van der Waals surface area contributed by atoms with E-state index in [2.05, 4.69) is 36.3 Å². The van der Waals surface area contributed by atoms with E-state index in [0.29, 0.717) is 0 Å². The number of rotatable bonds is 3. The van der Waals surface area contributed by atoms with Gasteiger partial charge in [-0.25, -0.2) is 4.39 Å². The van der Waals surface area contributed by atoms with Crippen LogP contribution in [-0.4, -0.2) is 11.8 Å². The summed E-state index contributed by atoms with van der Waals surface area (Å²) < 4.78 is 12.9. The fourth-order valence-electron chi connectivity index (χ4n) is 2.34. The fourth-order valence-corrected chi connectivity index (χ4v) is 2.34. The first-order chi connectivity index (χ1) is 9.70. The SMILES string of the molecule is Cc1ccc(C2=NOC(Cc3ccc(F)cc3)C2)cc1. The molecule has 3 rings (SSSR count). The summed E-state index contributed by atoms with van der Waals surface area (Å²) >= 11 is 0. The van der Waals surface area contributed by atoms with Gasteiger partial charge in [-0.2, -0.15) is 0 Å². The molecule has 0 saturated heterocycles. The minimum atomic E-state index is -0.210. The van der Waals surface area contributed by atoms with E-state index < -0.39 is 0 Å². The Morgan fingerprint density at radius 1 is 1.10 bits per heavy atom. The van der Waals surface area contributed by atoms with Crippen LogP contribution in [0.3, 0.4) is 0 Å². The van der Waals surface area contributed by atoms with Crippen molar-refractivity contribution in [2.24, 2.45) is 5.16 Å². The number of hydrogen-bond donors (Lipinski definition) is 0. The number of benzene rings is 2. The molecule has 1 aliphatic heterocycles. The largest absolute Gasteiger partial charge is 0.391 e. The number of oxime groups is 1. The number of nitrogens with zero attached hydrogens (tertiary/aromatic N) is 1. The van der Waals surface area contributed by atoms with Gasteiger partial charge in [0.1, 0.15) is 11.9 Å². The Hall–Kier alpha value is -2.16. The van der Waals surface area contributed by atoms with E-state index in [1.807, 2.05) is 0 Å². The normalized spacial score (nSPS) is 17.7. The van der Waals surface area contributed by atoms with E-state index in [1.165, 1.54) is 17.7 Å². The van der Waals surface area contributed by atoms with Crippen molar-refractivity contribution >= 4 is 5.71 Å². The first kappa shape index (κ1) is 12.9. The van der Waals surface area contributed by atoms with Gasteiger partial charge < -0.3 is 4.84 Å². The topological polar surface area (TPSA) is 21.6 Å². The molecular weight excluding hydrogens is 253 g/mol. The maximum Gasteiger partial charge on any atom is 0.137 e. The first-order valence-electron chi connectivity index (χ1n) is 6.75. The Bertz CT molecular complexity index is 616. The molecule has 0 N–H and O–H groups in total. The molecular formula is C17H16FNO. The lowest BCUT2D eigenvalue weighted by atomic mass is 10.00. The zero-order chi connectivity index (χ0) is 13.9. The molecule has 1 heterocycles. The smallest absolute Gasteiger partial charge is 0.137 e. The van der Waals surface area contributed by atoms with Crippen LogP contribution in [0.2, 0.25) is 0 Å². The first-order valence-corrected chi connectivity index (χ1v) is 6.75.